The maximum Gasteiger partial charge on any atom is 0.419 e. The van der Waals surface area contributed by atoms with Gasteiger partial charge in [-0.05, 0) is 29.8 Å². The van der Waals surface area contributed by atoms with Crippen LogP contribution in [0.25, 0.3) is 10.9 Å². The maximum atomic E-state index is 13.5. The Balaban J connectivity index is 1.97. The van der Waals surface area contributed by atoms with Crippen molar-refractivity contribution < 1.29 is 22.7 Å². The molecule has 0 aliphatic heterocycles. The van der Waals surface area contributed by atoms with E-state index in [1.807, 2.05) is 12.1 Å². The van der Waals surface area contributed by atoms with Crippen LogP contribution in [0.5, 0.6) is 0 Å². The lowest BCUT2D eigenvalue weighted by atomic mass is 10.0. The number of aliphatic hydroxyl groups excluding tert-OH is 1. The number of anilines is 2. The van der Waals surface area contributed by atoms with Crippen LogP contribution in [0.15, 0.2) is 42.5 Å². The molecule has 0 aliphatic rings. The Morgan fingerprint density at radius 3 is 2.52 bits per heavy atom. The first-order valence-electron chi connectivity index (χ1n) is 8.02. The number of aromatic nitrogens is 2. The molecule has 0 radical (unpaired) electrons. The molecule has 0 aliphatic carbocycles. The average Bonchev–Trinajstić information content (AvgIpc) is 2.65. The minimum atomic E-state index is -4.83. The zero-order valence-corrected chi connectivity index (χ0v) is 14.2. The molecular weight excluding hydrogens is 364 g/mol. The number of rotatable bonds is 5. The first-order chi connectivity index (χ1) is 12.8. The lowest BCUT2D eigenvalue weighted by Crippen LogP contribution is -2.18. The molecule has 142 valence electrons. The summed E-state index contributed by atoms with van der Waals surface area (Å²) in [6.45, 7) is -0.534. The third-order valence-corrected chi connectivity index (χ3v) is 4.02. The molecule has 9 heteroatoms. The zero-order valence-electron chi connectivity index (χ0n) is 14.2. The Morgan fingerprint density at radius 2 is 1.85 bits per heavy atom. The second-order valence-corrected chi connectivity index (χ2v) is 5.78. The molecule has 3 aromatic rings. The van der Waals surface area contributed by atoms with Gasteiger partial charge in [-0.15, -0.1) is 0 Å². The zero-order chi connectivity index (χ0) is 19.6. The lowest BCUT2D eigenvalue weighted by Gasteiger charge is -2.19. The van der Waals surface area contributed by atoms with Crippen molar-refractivity contribution in [3.05, 3.63) is 59.4 Å². The number of aliphatic hydroxyl groups is 1. The smallest absolute Gasteiger partial charge is 0.394 e. The molecule has 0 spiro atoms. The largest absolute Gasteiger partial charge is 0.419 e. The molecule has 0 saturated carbocycles. The number of halogens is 4. The van der Waals surface area contributed by atoms with Crippen molar-refractivity contribution in [2.75, 3.05) is 24.3 Å². The molecule has 2 aromatic carbocycles. The van der Waals surface area contributed by atoms with Gasteiger partial charge in [0.1, 0.15) is 11.6 Å². The monoisotopic (exact) mass is 380 g/mol. The fourth-order valence-corrected chi connectivity index (χ4v) is 2.70. The molecule has 0 bridgehead atoms. The van der Waals surface area contributed by atoms with E-state index in [0.29, 0.717) is 17.4 Å². The summed E-state index contributed by atoms with van der Waals surface area (Å²) in [5.74, 6) is -0.729. The van der Waals surface area contributed by atoms with Gasteiger partial charge in [0, 0.05) is 12.4 Å². The third-order valence-electron chi connectivity index (χ3n) is 4.02. The maximum absolute atomic E-state index is 13.5. The highest BCUT2D eigenvalue weighted by atomic mass is 19.4. The summed E-state index contributed by atoms with van der Waals surface area (Å²) in [5, 5.41) is 16.1. The standard InChI is InChI=1S/C18H16F4N4O/c1-23-16-11-4-2-3-5-14(11)24-17(26-16)25-15(9-27)10-6-7-13(19)12(8-10)18(20,21)22/h2-8,15,27H,9H2,1H3,(H2,23,24,25,26). The Kier molecular flexibility index (Phi) is 5.13. The van der Waals surface area contributed by atoms with E-state index in [0.717, 1.165) is 11.5 Å². The van der Waals surface area contributed by atoms with Gasteiger partial charge in [-0.1, -0.05) is 18.2 Å². The van der Waals surface area contributed by atoms with Crippen LogP contribution in [0.1, 0.15) is 17.2 Å². The summed E-state index contributed by atoms with van der Waals surface area (Å²) < 4.78 is 52.3. The first-order valence-corrected chi connectivity index (χ1v) is 8.02. The number of nitrogens with one attached hydrogen (secondary N) is 2. The highest BCUT2D eigenvalue weighted by Crippen LogP contribution is 2.33. The van der Waals surface area contributed by atoms with Crippen molar-refractivity contribution in [3.8, 4) is 0 Å². The summed E-state index contributed by atoms with van der Waals surface area (Å²) in [6.07, 6.45) is -4.83. The first kappa shape index (κ1) is 18.8. The average molecular weight is 380 g/mol. The van der Waals surface area contributed by atoms with Crippen molar-refractivity contribution in [1.82, 2.24) is 9.97 Å². The fourth-order valence-electron chi connectivity index (χ4n) is 2.70. The number of fused-ring (bicyclic) bond motifs is 1. The molecule has 5 nitrogen and oxygen atoms in total. The van der Waals surface area contributed by atoms with Gasteiger partial charge in [0.15, 0.2) is 0 Å². The van der Waals surface area contributed by atoms with Crippen molar-refractivity contribution in [2.45, 2.75) is 12.2 Å². The predicted molar refractivity (Wildman–Crippen MR) is 93.9 cm³/mol. The van der Waals surface area contributed by atoms with Crippen LogP contribution < -0.4 is 10.6 Å². The summed E-state index contributed by atoms with van der Waals surface area (Å²) in [4.78, 5) is 8.60. The Morgan fingerprint density at radius 1 is 1.11 bits per heavy atom. The number of hydrogen-bond acceptors (Lipinski definition) is 5. The number of benzene rings is 2. The molecule has 0 saturated heterocycles. The van der Waals surface area contributed by atoms with Crippen LogP contribution in [0.4, 0.5) is 29.3 Å². The molecular formula is C18H16F4N4O. The minimum absolute atomic E-state index is 0.0639. The van der Waals surface area contributed by atoms with E-state index in [9.17, 15) is 22.7 Å². The molecule has 1 heterocycles. The SMILES string of the molecule is CNc1nc(NC(CO)c2ccc(F)c(C(F)(F)F)c2)nc2ccccc12. The van der Waals surface area contributed by atoms with E-state index in [1.54, 1.807) is 19.2 Å². The van der Waals surface area contributed by atoms with Gasteiger partial charge in [-0.3, -0.25) is 0 Å². The molecule has 1 unspecified atom stereocenters. The summed E-state index contributed by atoms with van der Waals surface area (Å²) in [6, 6.07) is 8.83. The summed E-state index contributed by atoms with van der Waals surface area (Å²) in [7, 11) is 1.68. The van der Waals surface area contributed by atoms with Crippen LogP contribution >= 0.6 is 0 Å². The van der Waals surface area contributed by atoms with E-state index in [4.69, 9.17) is 0 Å². The van der Waals surface area contributed by atoms with Gasteiger partial charge >= 0.3 is 6.18 Å². The van der Waals surface area contributed by atoms with Crippen LogP contribution in [-0.2, 0) is 6.18 Å². The minimum Gasteiger partial charge on any atom is -0.394 e. The van der Waals surface area contributed by atoms with E-state index >= 15 is 0 Å². The van der Waals surface area contributed by atoms with E-state index < -0.39 is 30.2 Å². The van der Waals surface area contributed by atoms with Gasteiger partial charge in [-0.2, -0.15) is 18.2 Å². The number of alkyl halides is 3. The molecule has 0 fully saturated rings. The van der Waals surface area contributed by atoms with Gasteiger partial charge in [0.05, 0.1) is 23.7 Å². The van der Waals surface area contributed by atoms with Gasteiger partial charge in [0.2, 0.25) is 5.95 Å². The van der Waals surface area contributed by atoms with Crippen molar-refractivity contribution in [1.29, 1.82) is 0 Å². The second kappa shape index (κ2) is 7.36. The number of hydrogen-bond donors (Lipinski definition) is 3. The summed E-state index contributed by atoms with van der Waals surface area (Å²) in [5.41, 5.74) is -0.712. The molecule has 27 heavy (non-hydrogen) atoms. The van der Waals surface area contributed by atoms with Crippen LogP contribution in [0.2, 0.25) is 0 Å². The fraction of sp³-hybridized carbons (Fsp3) is 0.222. The van der Waals surface area contributed by atoms with Crippen molar-refractivity contribution in [2.24, 2.45) is 0 Å². The van der Waals surface area contributed by atoms with E-state index in [-0.39, 0.29) is 11.5 Å². The molecule has 3 N–H and O–H groups in total. The Bertz CT molecular complexity index is 962. The summed E-state index contributed by atoms with van der Waals surface area (Å²) >= 11 is 0. The predicted octanol–water partition coefficient (Wildman–Crippen LogP) is 3.97. The Hall–Kier alpha value is -2.94. The second-order valence-electron chi connectivity index (χ2n) is 5.78. The van der Waals surface area contributed by atoms with Gasteiger partial charge in [-0.25, -0.2) is 9.37 Å². The van der Waals surface area contributed by atoms with Crippen LogP contribution in [0, 0.1) is 5.82 Å². The van der Waals surface area contributed by atoms with Crippen LogP contribution in [0.3, 0.4) is 0 Å². The molecule has 1 atom stereocenters. The molecule has 0 amide bonds. The third kappa shape index (κ3) is 3.92. The topological polar surface area (TPSA) is 70.1 Å². The molecule has 1 aromatic heterocycles. The van der Waals surface area contributed by atoms with E-state index in [1.165, 1.54) is 6.07 Å². The van der Waals surface area contributed by atoms with Crippen molar-refractivity contribution >= 4 is 22.7 Å². The number of para-hydroxylation sites is 1. The van der Waals surface area contributed by atoms with Gasteiger partial charge < -0.3 is 15.7 Å². The highest BCUT2D eigenvalue weighted by molar-refractivity contribution is 5.89. The normalized spacial score (nSPS) is 12.8. The Labute approximate surface area is 152 Å². The van der Waals surface area contributed by atoms with Crippen LogP contribution in [-0.4, -0.2) is 28.7 Å². The number of nitrogens with zero attached hydrogens (tertiary/aromatic N) is 2. The quantitative estimate of drug-likeness (QED) is 0.584. The van der Waals surface area contributed by atoms with E-state index in [2.05, 4.69) is 20.6 Å². The lowest BCUT2D eigenvalue weighted by molar-refractivity contribution is -0.140. The highest BCUT2D eigenvalue weighted by Gasteiger charge is 2.34. The molecule has 3 rings (SSSR count). The van der Waals surface area contributed by atoms with Crippen molar-refractivity contribution in [3.63, 3.8) is 0 Å². The van der Waals surface area contributed by atoms with Gasteiger partial charge in [0.25, 0.3) is 0 Å².